The Morgan fingerprint density at radius 2 is 1.90 bits per heavy atom. The molecule has 0 aromatic heterocycles. The number of hydrogen-bond acceptors (Lipinski definition) is 4. The predicted octanol–water partition coefficient (Wildman–Crippen LogP) is 0.646. The zero-order chi connectivity index (χ0) is 15.0. The monoisotopic (exact) mass is 284 g/mol. The maximum Gasteiger partial charge on any atom is 0.237 e. The molecule has 0 radical (unpaired) electrons. The lowest BCUT2D eigenvalue weighted by Gasteiger charge is -2.27. The van der Waals surface area contributed by atoms with Gasteiger partial charge in [-0.15, -0.1) is 0 Å². The van der Waals surface area contributed by atoms with Gasteiger partial charge in [0.1, 0.15) is 0 Å². The zero-order valence-electron chi connectivity index (χ0n) is 13.4. The van der Waals surface area contributed by atoms with Crippen molar-refractivity contribution < 1.29 is 4.79 Å². The van der Waals surface area contributed by atoms with Crippen LogP contribution in [0.4, 0.5) is 0 Å². The van der Waals surface area contributed by atoms with Crippen LogP contribution in [0.15, 0.2) is 0 Å². The Morgan fingerprint density at radius 3 is 2.55 bits per heavy atom. The fourth-order valence-electron chi connectivity index (χ4n) is 2.65. The summed E-state index contributed by atoms with van der Waals surface area (Å²) in [5.74, 6) is 0.150. The molecule has 0 saturated carbocycles. The van der Waals surface area contributed by atoms with E-state index in [1.54, 1.807) is 0 Å². The van der Waals surface area contributed by atoms with Crippen molar-refractivity contribution in [3.8, 4) is 0 Å². The van der Waals surface area contributed by atoms with Gasteiger partial charge in [-0.1, -0.05) is 0 Å². The van der Waals surface area contributed by atoms with Gasteiger partial charge >= 0.3 is 0 Å². The molecule has 0 bridgehead atoms. The largest absolute Gasteiger partial charge is 0.353 e. The normalized spacial score (nSPS) is 19.9. The minimum atomic E-state index is -0.0265. The first kappa shape index (κ1) is 17.4. The first-order chi connectivity index (χ1) is 9.54. The van der Waals surface area contributed by atoms with E-state index in [9.17, 15) is 4.79 Å². The lowest BCUT2D eigenvalue weighted by Crippen LogP contribution is -2.48. The number of hydrogen-bond donors (Lipinski definition) is 2. The molecule has 3 N–H and O–H groups in total. The van der Waals surface area contributed by atoms with E-state index in [1.165, 1.54) is 6.42 Å². The Hall–Kier alpha value is -0.650. The van der Waals surface area contributed by atoms with Crippen LogP contribution in [0.5, 0.6) is 0 Å². The van der Waals surface area contributed by atoms with Crippen molar-refractivity contribution in [2.75, 3.05) is 39.3 Å². The smallest absolute Gasteiger partial charge is 0.237 e. The lowest BCUT2D eigenvalue weighted by molar-refractivity contribution is -0.126. The standard InChI is InChI=1S/C15H32N4O/c1-13(2)17-15(20)14(3)19-10-6-9-18(11-12-19)8-5-4-7-16/h13-14H,4-12,16H2,1-3H3,(H,17,20). The molecule has 1 atom stereocenters. The van der Waals surface area contributed by atoms with Crippen molar-refractivity contribution in [3.05, 3.63) is 0 Å². The Kier molecular flexibility index (Phi) is 8.11. The molecular weight excluding hydrogens is 252 g/mol. The van der Waals surface area contributed by atoms with E-state index in [0.29, 0.717) is 0 Å². The fraction of sp³-hybridized carbons (Fsp3) is 0.933. The molecule has 1 amide bonds. The summed E-state index contributed by atoms with van der Waals surface area (Å²) in [6.45, 7) is 12.1. The van der Waals surface area contributed by atoms with E-state index in [-0.39, 0.29) is 18.0 Å². The highest BCUT2D eigenvalue weighted by Crippen LogP contribution is 2.08. The molecule has 0 aromatic rings. The summed E-state index contributed by atoms with van der Waals surface area (Å²) in [5.41, 5.74) is 5.54. The number of rotatable bonds is 7. The highest BCUT2D eigenvalue weighted by Gasteiger charge is 2.23. The minimum Gasteiger partial charge on any atom is -0.353 e. The second-order valence-electron chi connectivity index (χ2n) is 6.07. The summed E-state index contributed by atoms with van der Waals surface area (Å²) in [7, 11) is 0. The molecule has 1 heterocycles. The number of nitrogens with two attached hydrogens (primary N) is 1. The van der Waals surface area contributed by atoms with E-state index in [4.69, 9.17) is 5.73 Å². The van der Waals surface area contributed by atoms with Crippen LogP contribution in [-0.2, 0) is 4.79 Å². The van der Waals surface area contributed by atoms with E-state index >= 15 is 0 Å². The van der Waals surface area contributed by atoms with Crippen LogP contribution < -0.4 is 11.1 Å². The molecule has 0 spiro atoms. The predicted molar refractivity (Wildman–Crippen MR) is 83.7 cm³/mol. The second kappa shape index (κ2) is 9.32. The summed E-state index contributed by atoms with van der Waals surface area (Å²) in [5, 5.41) is 3.01. The third kappa shape index (κ3) is 6.20. The molecule has 5 nitrogen and oxygen atoms in total. The number of carbonyl (C=O) groups is 1. The van der Waals surface area contributed by atoms with Crippen LogP contribution in [0, 0.1) is 0 Å². The summed E-state index contributed by atoms with van der Waals surface area (Å²) < 4.78 is 0. The van der Waals surface area contributed by atoms with E-state index in [2.05, 4.69) is 15.1 Å². The molecule has 0 aromatic carbocycles. The molecule has 5 heteroatoms. The van der Waals surface area contributed by atoms with E-state index in [0.717, 1.165) is 52.1 Å². The van der Waals surface area contributed by atoms with Crippen LogP contribution in [0.2, 0.25) is 0 Å². The molecule has 1 unspecified atom stereocenters. The van der Waals surface area contributed by atoms with Gasteiger partial charge in [-0.3, -0.25) is 9.69 Å². The van der Waals surface area contributed by atoms with Crippen molar-refractivity contribution >= 4 is 5.91 Å². The van der Waals surface area contributed by atoms with Crippen LogP contribution in [0.25, 0.3) is 0 Å². The average Bonchev–Trinajstić information content (AvgIpc) is 2.63. The number of unbranched alkanes of at least 4 members (excludes halogenated alkanes) is 1. The Labute approximate surface area is 123 Å². The first-order valence-corrected chi connectivity index (χ1v) is 8.01. The number of nitrogens with zero attached hydrogens (tertiary/aromatic N) is 2. The van der Waals surface area contributed by atoms with Gasteiger partial charge in [0.05, 0.1) is 6.04 Å². The van der Waals surface area contributed by atoms with E-state index in [1.807, 2.05) is 20.8 Å². The van der Waals surface area contributed by atoms with Crippen LogP contribution in [0.1, 0.15) is 40.0 Å². The van der Waals surface area contributed by atoms with Gasteiger partial charge in [-0.25, -0.2) is 0 Å². The molecular formula is C15H32N4O. The van der Waals surface area contributed by atoms with Crippen molar-refractivity contribution in [2.45, 2.75) is 52.1 Å². The second-order valence-corrected chi connectivity index (χ2v) is 6.07. The van der Waals surface area contributed by atoms with E-state index < -0.39 is 0 Å². The van der Waals surface area contributed by atoms with Gasteiger partial charge in [-0.2, -0.15) is 0 Å². The molecule has 1 aliphatic heterocycles. The number of carbonyl (C=O) groups excluding carboxylic acids is 1. The quantitative estimate of drug-likeness (QED) is 0.674. The maximum absolute atomic E-state index is 12.1. The maximum atomic E-state index is 12.1. The van der Waals surface area contributed by atoms with Crippen molar-refractivity contribution in [1.29, 1.82) is 0 Å². The first-order valence-electron chi connectivity index (χ1n) is 8.01. The fourth-order valence-corrected chi connectivity index (χ4v) is 2.65. The van der Waals surface area contributed by atoms with Crippen LogP contribution in [-0.4, -0.2) is 67.1 Å². The molecule has 1 fully saturated rings. The minimum absolute atomic E-state index is 0.0265. The van der Waals surface area contributed by atoms with Gasteiger partial charge in [-0.05, 0) is 59.7 Å². The third-order valence-electron chi connectivity index (χ3n) is 3.91. The SMILES string of the molecule is CC(C)NC(=O)C(C)N1CCCN(CCCCN)CC1. The summed E-state index contributed by atoms with van der Waals surface area (Å²) >= 11 is 0. The highest BCUT2D eigenvalue weighted by atomic mass is 16.2. The molecule has 0 aliphatic carbocycles. The topological polar surface area (TPSA) is 61.6 Å². The Balaban J connectivity index is 2.36. The summed E-state index contributed by atoms with van der Waals surface area (Å²) in [6.07, 6.45) is 3.43. The number of nitrogens with one attached hydrogen (secondary N) is 1. The lowest BCUT2D eigenvalue weighted by atomic mass is 10.2. The molecule has 20 heavy (non-hydrogen) atoms. The molecule has 1 aliphatic rings. The average molecular weight is 284 g/mol. The van der Waals surface area contributed by atoms with Gasteiger partial charge in [0.25, 0.3) is 0 Å². The third-order valence-corrected chi connectivity index (χ3v) is 3.91. The highest BCUT2D eigenvalue weighted by molar-refractivity contribution is 5.81. The molecule has 1 rings (SSSR count). The van der Waals surface area contributed by atoms with Gasteiger partial charge in [0.2, 0.25) is 5.91 Å². The van der Waals surface area contributed by atoms with Gasteiger partial charge in [0.15, 0.2) is 0 Å². The summed E-state index contributed by atoms with van der Waals surface area (Å²) in [4.78, 5) is 16.9. The van der Waals surface area contributed by atoms with Crippen LogP contribution in [0.3, 0.4) is 0 Å². The van der Waals surface area contributed by atoms with Gasteiger partial charge < -0.3 is 16.0 Å². The van der Waals surface area contributed by atoms with Crippen molar-refractivity contribution in [1.82, 2.24) is 15.1 Å². The summed E-state index contributed by atoms with van der Waals surface area (Å²) in [6, 6.07) is 0.186. The Morgan fingerprint density at radius 1 is 1.15 bits per heavy atom. The molecule has 118 valence electrons. The van der Waals surface area contributed by atoms with Crippen molar-refractivity contribution in [3.63, 3.8) is 0 Å². The van der Waals surface area contributed by atoms with Crippen molar-refractivity contribution in [2.24, 2.45) is 5.73 Å². The van der Waals surface area contributed by atoms with Gasteiger partial charge in [0, 0.05) is 25.7 Å². The molecule has 1 saturated heterocycles. The van der Waals surface area contributed by atoms with Crippen LogP contribution >= 0.6 is 0 Å². The number of amides is 1. The zero-order valence-corrected chi connectivity index (χ0v) is 13.4. The Bertz CT molecular complexity index is 283.